The molecule has 1 aliphatic rings. The van der Waals surface area contributed by atoms with Gasteiger partial charge in [0, 0.05) is 18.7 Å². The van der Waals surface area contributed by atoms with Gasteiger partial charge in [0.25, 0.3) is 5.91 Å². The molecule has 8 heteroatoms. The van der Waals surface area contributed by atoms with E-state index < -0.39 is 5.82 Å². The molecule has 2 aromatic carbocycles. The van der Waals surface area contributed by atoms with Gasteiger partial charge in [0.2, 0.25) is 11.7 Å². The maximum absolute atomic E-state index is 13.2. The molecular weight excluding hydrogens is 415 g/mol. The molecule has 1 saturated heterocycles. The Bertz CT molecular complexity index is 938. The van der Waals surface area contributed by atoms with Gasteiger partial charge in [-0.1, -0.05) is 0 Å². The molecule has 0 aromatic heterocycles. The van der Waals surface area contributed by atoms with Gasteiger partial charge in [0.05, 0.1) is 33.3 Å². The topological polar surface area (TPSA) is 77.1 Å². The minimum atomic E-state index is -0.391. The first-order chi connectivity index (χ1) is 15.4. The van der Waals surface area contributed by atoms with Crippen molar-refractivity contribution in [3.8, 4) is 17.2 Å². The van der Waals surface area contributed by atoms with Crippen molar-refractivity contribution in [1.29, 1.82) is 0 Å². The fraction of sp³-hybridized carbons (Fsp3) is 0.417. The molecule has 0 radical (unpaired) electrons. The standard InChI is InChI=1S/C24H29FN2O5/c1-15(18-12-20(30-2)22(32-4)21(13-18)31-3)26-23(28)17-6-5-11-27(14-17)24(29)16-7-9-19(25)10-8-16/h7-10,12-13,15,17H,5-6,11,14H2,1-4H3,(H,26,28). The Balaban J connectivity index is 1.68. The lowest BCUT2D eigenvalue weighted by Crippen LogP contribution is -2.45. The number of benzene rings is 2. The summed E-state index contributed by atoms with van der Waals surface area (Å²) in [6, 6.07) is 8.76. The predicted octanol–water partition coefficient (Wildman–Crippen LogP) is 3.58. The first-order valence-electron chi connectivity index (χ1n) is 10.5. The van der Waals surface area contributed by atoms with Gasteiger partial charge < -0.3 is 24.4 Å². The van der Waals surface area contributed by atoms with Crippen molar-refractivity contribution >= 4 is 11.8 Å². The number of halogens is 1. The van der Waals surface area contributed by atoms with Crippen molar-refractivity contribution in [2.24, 2.45) is 5.92 Å². The fourth-order valence-corrected chi connectivity index (χ4v) is 3.92. The number of nitrogens with one attached hydrogen (secondary N) is 1. The molecule has 1 fully saturated rings. The molecule has 2 atom stereocenters. The molecule has 0 aliphatic carbocycles. The van der Waals surface area contributed by atoms with E-state index in [9.17, 15) is 14.0 Å². The van der Waals surface area contributed by atoms with Crippen molar-refractivity contribution in [1.82, 2.24) is 10.2 Å². The van der Waals surface area contributed by atoms with Gasteiger partial charge in [-0.2, -0.15) is 0 Å². The van der Waals surface area contributed by atoms with Crippen LogP contribution >= 0.6 is 0 Å². The van der Waals surface area contributed by atoms with Gasteiger partial charge >= 0.3 is 0 Å². The average molecular weight is 445 g/mol. The van der Waals surface area contributed by atoms with Crippen LogP contribution < -0.4 is 19.5 Å². The number of hydrogen-bond donors (Lipinski definition) is 1. The summed E-state index contributed by atoms with van der Waals surface area (Å²) in [6.45, 7) is 2.77. The third kappa shape index (κ3) is 5.12. The van der Waals surface area contributed by atoms with Crippen molar-refractivity contribution < 1.29 is 28.2 Å². The van der Waals surface area contributed by atoms with Crippen LogP contribution in [0.5, 0.6) is 17.2 Å². The molecule has 1 heterocycles. The minimum absolute atomic E-state index is 0.122. The second kappa shape index (κ2) is 10.3. The first-order valence-corrected chi connectivity index (χ1v) is 10.5. The summed E-state index contributed by atoms with van der Waals surface area (Å²) in [5.41, 5.74) is 1.22. The molecule has 2 aromatic rings. The Hall–Kier alpha value is -3.29. The number of nitrogens with zero attached hydrogens (tertiary/aromatic N) is 1. The summed E-state index contributed by atoms with van der Waals surface area (Å²) in [4.78, 5) is 27.4. The van der Waals surface area contributed by atoms with Crippen molar-refractivity contribution in [2.45, 2.75) is 25.8 Å². The van der Waals surface area contributed by atoms with Gasteiger partial charge in [-0.15, -0.1) is 0 Å². The molecule has 0 bridgehead atoms. The molecule has 172 valence electrons. The second-order valence-electron chi connectivity index (χ2n) is 7.79. The lowest BCUT2D eigenvalue weighted by molar-refractivity contribution is -0.127. The van der Waals surface area contributed by atoms with Crippen LogP contribution in [-0.4, -0.2) is 51.1 Å². The highest BCUT2D eigenvalue weighted by Gasteiger charge is 2.30. The number of ether oxygens (including phenoxy) is 3. The van der Waals surface area contributed by atoms with E-state index in [2.05, 4.69) is 5.32 Å². The van der Waals surface area contributed by atoms with E-state index in [0.29, 0.717) is 42.3 Å². The van der Waals surface area contributed by atoms with Crippen LogP contribution in [0, 0.1) is 11.7 Å². The Morgan fingerprint density at radius 1 is 1.06 bits per heavy atom. The SMILES string of the molecule is COc1cc(C(C)NC(=O)C2CCCN(C(=O)c3ccc(F)cc3)C2)cc(OC)c1OC. The van der Waals surface area contributed by atoms with E-state index in [1.807, 2.05) is 6.92 Å². The zero-order chi connectivity index (χ0) is 23.3. The molecule has 2 unspecified atom stereocenters. The number of hydrogen-bond acceptors (Lipinski definition) is 5. The highest BCUT2D eigenvalue weighted by atomic mass is 19.1. The lowest BCUT2D eigenvalue weighted by atomic mass is 9.95. The number of amides is 2. The number of rotatable bonds is 7. The van der Waals surface area contributed by atoms with Gasteiger partial charge in [-0.05, 0) is 61.7 Å². The van der Waals surface area contributed by atoms with Crippen LogP contribution in [0.25, 0.3) is 0 Å². The number of carbonyl (C=O) groups excluding carboxylic acids is 2. The molecule has 0 spiro atoms. The van der Waals surface area contributed by atoms with E-state index in [4.69, 9.17) is 14.2 Å². The van der Waals surface area contributed by atoms with Crippen LogP contribution in [0.15, 0.2) is 36.4 Å². The van der Waals surface area contributed by atoms with Gasteiger partial charge in [-0.25, -0.2) is 4.39 Å². The third-order valence-corrected chi connectivity index (χ3v) is 5.72. The van der Waals surface area contributed by atoms with E-state index >= 15 is 0 Å². The minimum Gasteiger partial charge on any atom is -0.493 e. The predicted molar refractivity (Wildman–Crippen MR) is 118 cm³/mol. The van der Waals surface area contributed by atoms with Gasteiger partial charge in [0.15, 0.2) is 11.5 Å². The van der Waals surface area contributed by atoms with Crippen LogP contribution in [0.1, 0.15) is 41.7 Å². The van der Waals surface area contributed by atoms with Crippen molar-refractivity contribution in [3.63, 3.8) is 0 Å². The smallest absolute Gasteiger partial charge is 0.253 e. The van der Waals surface area contributed by atoms with Gasteiger partial charge in [-0.3, -0.25) is 9.59 Å². The zero-order valence-corrected chi connectivity index (χ0v) is 18.8. The highest BCUT2D eigenvalue weighted by molar-refractivity contribution is 5.94. The molecule has 32 heavy (non-hydrogen) atoms. The largest absolute Gasteiger partial charge is 0.493 e. The maximum Gasteiger partial charge on any atom is 0.253 e. The highest BCUT2D eigenvalue weighted by Crippen LogP contribution is 2.39. The number of carbonyl (C=O) groups is 2. The Kier molecular flexibility index (Phi) is 7.56. The summed E-state index contributed by atoms with van der Waals surface area (Å²) >= 11 is 0. The summed E-state index contributed by atoms with van der Waals surface area (Å²) in [7, 11) is 4.62. The van der Waals surface area contributed by atoms with E-state index in [1.54, 1.807) is 31.3 Å². The van der Waals surface area contributed by atoms with E-state index in [1.165, 1.54) is 31.4 Å². The molecule has 1 aliphatic heterocycles. The van der Waals surface area contributed by atoms with Crippen LogP contribution in [0.3, 0.4) is 0 Å². The fourth-order valence-electron chi connectivity index (χ4n) is 3.92. The molecule has 0 saturated carbocycles. The molecule has 3 rings (SSSR count). The molecule has 7 nitrogen and oxygen atoms in total. The summed E-state index contributed by atoms with van der Waals surface area (Å²) in [5.74, 6) is 0.478. The summed E-state index contributed by atoms with van der Waals surface area (Å²) < 4.78 is 29.3. The first kappa shape index (κ1) is 23.4. The third-order valence-electron chi connectivity index (χ3n) is 5.72. The van der Waals surface area contributed by atoms with E-state index in [0.717, 1.165) is 12.0 Å². The van der Waals surface area contributed by atoms with E-state index in [-0.39, 0.29) is 23.8 Å². The number of likely N-dealkylation sites (tertiary alicyclic amines) is 1. The quantitative estimate of drug-likeness (QED) is 0.706. The van der Waals surface area contributed by atoms with Crippen LogP contribution in [0.2, 0.25) is 0 Å². The van der Waals surface area contributed by atoms with Gasteiger partial charge in [0.1, 0.15) is 5.82 Å². The molecular formula is C24H29FN2O5. The Morgan fingerprint density at radius 3 is 2.25 bits per heavy atom. The summed E-state index contributed by atoms with van der Waals surface area (Å²) in [6.07, 6.45) is 1.42. The zero-order valence-electron chi connectivity index (χ0n) is 18.8. The Morgan fingerprint density at radius 2 is 1.69 bits per heavy atom. The second-order valence-corrected chi connectivity index (χ2v) is 7.79. The van der Waals surface area contributed by atoms with Crippen LogP contribution in [0.4, 0.5) is 4.39 Å². The lowest BCUT2D eigenvalue weighted by Gasteiger charge is -2.33. The maximum atomic E-state index is 13.2. The summed E-state index contributed by atoms with van der Waals surface area (Å²) in [5, 5.41) is 3.03. The van der Waals surface area contributed by atoms with Crippen molar-refractivity contribution in [2.75, 3.05) is 34.4 Å². The monoisotopic (exact) mass is 444 g/mol. The van der Waals surface area contributed by atoms with Crippen LogP contribution in [-0.2, 0) is 4.79 Å². The number of piperidine rings is 1. The molecule has 2 amide bonds. The van der Waals surface area contributed by atoms with Crippen molar-refractivity contribution in [3.05, 3.63) is 53.3 Å². The average Bonchev–Trinajstić information content (AvgIpc) is 2.82. The number of methoxy groups -OCH3 is 3. The normalized spacial score (nSPS) is 16.8. The molecule has 1 N–H and O–H groups in total. The Labute approximate surface area is 187 Å².